The van der Waals surface area contributed by atoms with Gasteiger partial charge < -0.3 is 10.1 Å². The molecular weight excluding hydrogens is 330 g/mol. The molecule has 3 aromatic rings. The highest BCUT2D eigenvalue weighted by atomic mass is 35.5. The van der Waals surface area contributed by atoms with E-state index in [0.717, 1.165) is 28.5 Å². The Morgan fingerprint density at radius 2 is 2.04 bits per heavy atom. The molecule has 6 heteroatoms. The van der Waals surface area contributed by atoms with Crippen LogP contribution in [0.5, 0.6) is 5.75 Å². The lowest BCUT2D eigenvalue weighted by Crippen LogP contribution is -2.01. The predicted molar refractivity (Wildman–Crippen MR) is 97.6 cm³/mol. The van der Waals surface area contributed by atoms with E-state index >= 15 is 0 Å². The Balaban J connectivity index is 0.00000156. The van der Waals surface area contributed by atoms with E-state index in [4.69, 9.17) is 4.74 Å². The van der Waals surface area contributed by atoms with Gasteiger partial charge in [-0.3, -0.25) is 0 Å². The Kier molecular flexibility index (Phi) is 4.68. The summed E-state index contributed by atoms with van der Waals surface area (Å²) in [5, 5.41) is 4.63. The average molecular weight is 348 g/mol. The quantitative estimate of drug-likeness (QED) is 0.743. The number of benzene rings is 1. The minimum absolute atomic E-state index is 0. The van der Waals surface area contributed by atoms with Gasteiger partial charge in [0.15, 0.2) is 0 Å². The first kappa shape index (κ1) is 16.0. The van der Waals surface area contributed by atoms with E-state index in [-0.39, 0.29) is 12.4 Å². The Labute approximate surface area is 145 Å². The number of thiophene rings is 1. The second-order valence-corrected chi connectivity index (χ2v) is 6.55. The Hall–Kier alpha value is -1.85. The van der Waals surface area contributed by atoms with Crippen molar-refractivity contribution in [1.82, 2.24) is 9.97 Å². The number of hydrogen-bond acceptors (Lipinski definition) is 5. The van der Waals surface area contributed by atoms with Gasteiger partial charge in [0.05, 0.1) is 12.5 Å². The molecule has 0 unspecified atom stereocenters. The van der Waals surface area contributed by atoms with Gasteiger partial charge in [-0.1, -0.05) is 6.07 Å². The van der Waals surface area contributed by atoms with Crippen molar-refractivity contribution in [2.75, 3.05) is 12.4 Å². The lowest BCUT2D eigenvalue weighted by Gasteiger charge is -2.12. The predicted octanol–water partition coefficient (Wildman–Crippen LogP) is 4.74. The molecule has 2 heterocycles. The summed E-state index contributed by atoms with van der Waals surface area (Å²) in [6, 6.07) is 7.91. The number of fused-ring (bicyclic) bond motifs is 3. The second-order valence-electron chi connectivity index (χ2n) is 5.47. The minimum atomic E-state index is 0. The van der Waals surface area contributed by atoms with E-state index < -0.39 is 0 Å². The van der Waals surface area contributed by atoms with Crippen molar-refractivity contribution >= 4 is 45.5 Å². The summed E-state index contributed by atoms with van der Waals surface area (Å²) >= 11 is 1.82. The molecular formula is C17H18ClN3OS. The molecule has 0 saturated carbocycles. The van der Waals surface area contributed by atoms with Crippen molar-refractivity contribution in [1.29, 1.82) is 0 Å². The third-order valence-corrected chi connectivity index (χ3v) is 5.28. The first-order chi connectivity index (χ1) is 10.8. The van der Waals surface area contributed by atoms with Gasteiger partial charge in [-0.25, -0.2) is 9.97 Å². The normalized spacial score (nSPS) is 13.3. The largest absolute Gasteiger partial charge is 0.497 e. The molecule has 23 heavy (non-hydrogen) atoms. The molecule has 2 aromatic heterocycles. The van der Waals surface area contributed by atoms with Crippen molar-refractivity contribution in [3.05, 3.63) is 41.0 Å². The topological polar surface area (TPSA) is 47.0 Å². The average Bonchev–Trinajstić information content (AvgIpc) is 2.94. The minimum Gasteiger partial charge on any atom is -0.497 e. The molecule has 0 fully saturated rings. The highest BCUT2D eigenvalue weighted by molar-refractivity contribution is 7.19. The number of aromatic nitrogens is 2. The molecule has 1 aliphatic carbocycles. The summed E-state index contributed by atoms with van der Waals surface area (Å²) in [5.74, 6) is 1.74. The molecule has 4 rings (SSSR count). The summed E-state index contributed by atoms with van der Waals surface area (Å²) in [6.07, 6.45) is 6.50. The molecule has 0 atom stereocenters. The third kappa shape index (κ3) is 2.99. The lowest BCUT2D eigenvalue weighted by atomic mass is 9.97. The summed E-state index contributed by atoms with van der Waals surface area (Å²) in [5.41, 5.74) is 2.42. The van der Waals surface area contributed by atoms with Gasteiger partial charge in [0, 0.05) is 16.6 Å². The van der Waals surface area contributed by atoms with Gasteiger partial charge >= 0.3 is 0 Å². The van der Waals surface area contributed by atoms with Crippen molar-refractivity contribution in [2.45, 2.75) is 25.7 Å². The monoisotopic (exact) mass is 347 g/mol. The number of rotatable bonds is 3. The molecule has 0 amide bonds. The van der Waals surface area contributed by atoms with Crippen molar-refractivity contribution in [2.24, 2.45) is 0 Å². The molecule has 0 saturated heterocycles. The summed E-state index contributed by atoms with van der Waals surface area (Å²) < 4.78 is 5.28. The standard InChI is InChI=1S/C17H17N3OS.ClH/c1-21-12-6-4-5-11(9-12)20-16-15-13-7-2-3-8-14(13)22-17(15)19-10-18-16;/h4-6,9-10H,2-3,7-8H2,1H3,(H,18,19,20);1H. The van der Waals surface area contributed by atoms with Gasteiger partial charge in [0.2, 0.25) is 0 Å². The molecule has 120 valence electrons. The molecule has 0 aliphatic heterocycles. The van der Waals surface area contributed by atoms with Gasteiger partial charge in [-0.05, 0) is 43.4 Å². The van der Waals surface area contributed by atoms with Crippen LogP contribution in [0.2, 0.25) is 0 Å². The van der Waals surface area contributed by atoms with Crippen molar-refractivity contribution in [3.8, 4) is 5.75 Å². The molecule has 1 N–H and O–H groups in total. The van der Waals surface area contributed by atoms with Crippen LogP contribution < -0.4 is 10.1 Å². The molecule has 1 aliphatic rings. The number of nitrogens with one attached hydrogen (secondary N) is 1. The summed E-state index contributed by atoms with van der Waals surface area (Å²) in [7, 11) is 1.68. The third-order valence-electron chi connectivity index (χ3n) is 4.08. The zero-order chi connectivity index (χ0) is 14.9. The number of methoxy groups -OCH3 is 1. The van der Waals surface area contributed by atoms with E-state index in [0.29, 0.717) is 0 Å². The van der Waals surface area contributed by atoms with Crippen LogP contribution >= 0.6 is 23.7 Å². The first-order valence-corrected chi connectivity index (χ1v) is 8.33. The number of aryl methyl sites for hydroxylation is 2. The smallest absolute Gasteiger partial charge is 0.142 e. The van der Waals surface area contributed by atoms with Crippen LogP contribution in [0.15, 0.2) is 30.6 Å². The maximum atomic E-state index is 5.28. The Morgan fingerprint density at radius 1 is 1.17 bits per heavy atom. The first-order valence-electron chi connectivity index (χ1n) is 7.51. The number of ether oxygens (including phenoxy) is 1. The maximum absolute atomic E-state index is 5.28. The number of nitrogens with zero attached hydrogens (tertiary/aromatic N) is 2. The highest BCUT2D eigenvalue weighted by Gasteiger charge is 2.19. The van der Waals surface area contributed by atoms with Crippen LogP contribution in [0.3, 0.4) is 0 Å². The maximum Gasteiger partial charge on any atom is 0.142 e. The van der Waals surface area contributed by atoms with Crippen LogP contribution in [0.1, 0.15) is 23.3 Å². The molecule has 0 spiro atoms. The van der Waals surface area contributed by atoms with Crippen molar-refractivity contribution in [3.63, 3.8) is 0 Å². The van der Waals surface area contributed by atoms with Gasteiger partial charge in [0.1, 0.15) is 22.7 Å². The van der Waals surface area contributed by atoms with Crippen LogP contribution in [-0.2, 0) is 12.8 Å². The second kappa shape index (κ2) is 6.72. The Morgan fingerprint density at radius 3 is 2.91 bits per heavy atom. The van der Waals surface area contributed by atoms with E-state index in [1.807, 2.05) is 35.6 Å². The highest BCUT2D eigenvalue weighted by Crippen LogP contribution is 2.38. The van der Waals surface area contributed by atoms with Crippen LogP contribution in [0.4, 0.5) is 11.5 Å². The van der Waals surface area contributed by atoms with E-state index in [1.165, 1.54) is 35.1 Å². The number of halogens is 1. The SMILES string of the molecule is COc1cccc(Nc2ncnc3sc4c(c23)CCCC4)c1.Cl. The van der Waals surface area contributed by atoms with E-state index in [9.17, 15) is 0 Å². The van der Waals surface area contributed by atoms with Gasteiger partial charge in [0.25, 0.3) is 0 Å². The van der Waals surface area contributed by atoms with E-state index in [1.54, 1.807) is 13.4 Å². The number of anilines is 2. The summed E-state index contributed by atoms with van der Waals surface area (Å²) in [4.78, 5) is 11.5. The van der Waals surface area contributed by atoms with Crippen molar-refractivity contribution < 1.29 is 4.74 Å². The van der Waals surface area contributed by atoms with Crippen LogP contribution in [0.25, 0.3) is 10.2 Å². The molecule has 0 radical (unpaired) electrons. The molecule has 1 aromatic carbocycles. The fraction of sp³-hybridized carbons (Fsp3) is 0.294. The fourth-order valence-corrected chi connectivity index (χ4v) is 4.25. The van der Waals surface area contributed by atoms with E-state index in [2.05, 4.69) is 15.3 Å². The van der Waals surface area contributed by atoms with Crippen LogP contribution in [0, 0.1) is 0 Å². The zero-order valence-electron chi connectivity index (χ0n) is 12.8. The Bertz CT molecular complexity index is 834. The molecule has 0 bridgehead atoms. The zero-order valence-corrected chi connectivity index (χ0v) is 14.5. The van der Waals surface area contributed by atoms with Gasteiger partial charge in [-0.2, -0.15) is 0 Å². The number of hydrogen-bond donors (Lipinski definition) is 1. The van der Waals surface area contributed by atoms with Crippen LogP contribution in [-0.4, -0.2) is 17.1 Å². The van der Waals surface area contributed by atoms with Gasteiger partial charge in [-0.15, -0.1) is 23.7 Å². The molecule has 4 nitrogen and oxygen atoms in total. The lowest BCUT2D eigenvalue weighted by molar-refractivity contribution is 0.415. The summed E-state index contributed by atoms with van der Waals surface area (Å²) in [6.45, 7) is 0. The fourth-order valence-electron chi connectivity index (χ4n) is 3.02.